The van der Waals surface area contributed by atoms with Gasteiger partial charge in [0.25, 0.3) is 0 Å². The summed E-state index contributed by atoms with van der Waals surface area (Å²) in [7, 11) is 0. The quantitative estimate of drug-likeness (QED) is 0.571. The fourth-order valence-electron chi connectivity index (χ4n) is 3.32. The number of carbonyl (C=O) groups excluding carboxylic acids is 1. The number of amides is 1. The molecule has 7 nitrogen and oxygen atoms in total. The molecule has 1 amide bonds. The summed E-state index contributed by atoms with van der Waals surface area (Å²) in [5.74, 6) is -1.24. The fraction of sp³-hybridized carbons (Fsp3) is 0.550. The first-order valence-corrected chi connectivity index (χ1v) is 10.6. The van der Waals surface area contributed by atoms with Crippen LogP contribution in [0, 0.1) is 5.92 Å². The Bertz CT molecular complexity index is 682. The lowest BCUT2D eigenvalue weighted by molar-refractivity contribution is -0.148. The van der Waals surface area contributed by atoms with Gasteiger partial charge in [-0.25, -0.2) is 0 Å². The number of carbonyl (C=O) groups is 3. The number of rotatable bonds is 9. The van der Waals surface area contributed by atoms with Crippen LogP contribution in [-0.2, 0) is 20.8 Å². The molecule has 0 bridgehead atoms. The lowest BCUT2D eigenvalue weighted by Crippen LogP contribution is -2.56. The molecule has 0 saturated carbocycles. The molecule has 1 aromatic rings. The van der Waals surface area contributed by atoms with E-state index in [1.54, 1.807) is 11.8 Å². The fourth-order valence-corrected chi connectivity index (χ4v) is 4.74. The Hall–Kier alpha value is -2.06. The van der Waals surface area contributed by atoms with Gasteiger partial charge in [-0.3, -0.25) is 19.7 Å². The van der Waals surface area contributed by atoms with Crippen molar-refractivity contribution in [1.29, 1.82) is 0 Å². The molecular weight excluding hydrogens is 380 g/mol. The monoisotopic (exact) mass is 408 g/mol. The number of benzene rings is 1. The van der Waals surface area contributed by atoms with E-state index in [1.165, 1.54) is 4.90 Å². The average Bonchev–Trinajstić information content (AvgIpc) is 2.79. The zero-order valence-electron chi connectivity index (χ0n) is 16.2. The van der Waals surface area contributed by atoms with E-state index in [1.807, 2.05) is 44.2 Å². The second kappa shape index (κ2) is 10.5. The summed E-state index contributed by atoms with van der Waals surface area (Å²) in [6.45, 7) is 3.55. The lowest BCUT2D eigenvalue weighted by atomic mass is 10.0. The minimum Gasteiger partial charge on any atom is -0.480 e. The van der Waals surface area contributed by atoms with Crippen LogP contribution in [0.25, 0.3) is 0 Å². The van der Waals surface area contributed by atoms with Crippen LogP contribution in [0.2, 0.25) is 0 Å². The molecule has 3 N–H and O–H groups in total. The molecule has 0 radical (unpaired) electrons. The number of carboxylic acid groups (broad SMARTS) is 2. The summed E-state index contributed by atoms with van der Waals surface area (Å²) in [5, 5.41) is 21.8. The molecule has 1 saturated heterocycles. The number of hydrogen-bond donors (Lipinski definition) is 3. The van der Waals surface area contributed by atoms with E-state index in [0.717, 1.165) is 5.56 Å². The number of aryl methyl sites for hydroxylation is 1. The molecule has 8 heteroatoms. The van der Waals surface area contributed by atoms with Gasteiger partial charge in [-0.05, 0) is 24.3 Å². The largest absolute Gasteiger partial charge is 0.480 e. The van der Waals surface area contributed by atoms with Crippen molar-refractivity contribution in [2.24, 2.45) is 5.92 Å². The van der Waals surface area contributed by atoms with Crippen LogP contribution in [0.5, 0.6) is 0 Å². The Morgan fingerprint density at radius 3 is 2.46 bits per heavy atom. The first kappa shape index (κ1) is 22.2. The third-order valence-corrected chi connectivity index (χ3v) is 6.04. The Balaban J connectivity index is 2.10. The van der Waals surface area contributed by atoms with Crippen molar-refractivity contribution in [2.45, 2.75) is 44.8 Å². The van der Waals surface area contributed by atoms with Gasteiger partial charge in [0.1, 0.15) is 12.6 Å². The summed E-state index contributed by atoms with van der Waals surface area (Å²) >= 11 is 1.55. The smallest absolute Gasteiger partial charge is 0.323 e. The minimum absolute atomic E-state index is 0.114. The molecule has 2 rings (SSSR count). The van der Waals surface area contributed by atoms with Crippen LogP contribution in [0.3, 0.4) is 0 Å². The maximum Gasteiger partial charge on any atom is 0.323 e. The van der Waals surface area contributed by atoms with E-state index in [-0.39, 0.29) is 24.4 Å². The summed E-state index contributed by atoms with van der Waals surface area (Å²) in [4.78, 5) is 37.4. The van der Waals surface area contributed by atoms with E-state index in [4.69, 9.17) is 0 Å². The van der Waals surface area contributed by atoms with Crippen LogP contribution in [0.1, 0.15) is 25.8 Å². The van der Waals surface area contributed by atoms with Crippen LogP contribution in [-0.4, -0.2) is 69.1 Å². The zero-order valence-corrected chi connectivity index (χ0v) is 17.0. The van der Waals surface area contributed by atoms with Gasteiger partial charge in [0.2, 0.25) is 5.91 Å². The second-order valence-electron chi connectivity index (χ2n) is 7.34. The van der Waals surface area contributed by atoms with Crippen LogP contribution < -0.4 is 5.32 Å². The number of nitrogens with zero attached hydrogens (tertiary/aromatic N) is 1. The highest BCUT2D eigenvalue weighted by Crippen LogP contribution is 2.23. The van der Waals surface area contributed by atoms with Crippen molar-refractivity contribution in [3.05, 3.63) is 35.9 Å². The van der Waals surface area contributed by atoms with Gasteiger partial charge in [-0.15, -0.1) is 0 Å². The molecule has 28 heavy (non-hydrogen) atoms. The highest BCUT2D eigenvalue weighted by atomic mass is 32.2. The Morgan fingerprint density at radius 2 is 1.89 bits per heavy atom. The SMILES string of the molecule is CC(C)C1CSCC(N[C@H](CCc2ccccc2)C(=O)O)C(=O)N1CC(=O)O. The van der Waals surface area contributed by atoms with Gasteiger partial charge in [-0.2, -0.15) is 11.8 Å². The molecule has 0 aliphatic carbocycles. The molecule has 1 heterocycles. The summed E-state index contributed by atoms with van der Waals surface area (Å²) in [6.07, 6.45) is 0.923. The standard InChI is InChI=1S/C20H28N2O5S/c1-13(2)17-12-28-11-16(19(25)22(17)10-18(23)24)21-15(20(26)27)9-8-14-6-4-3-5-7-14/h3-7,13,15-17,21H,8-12H2,1-2H3,(H,23,24)(H,26,27)/t15-,16?,17?/m1/s1. The number of carboxylic acids is 2. The van der Waals surface area contributed by atoms with E-state index in [0.29, 0.717) is 24.3 Å². The lowest BCUT2D eigenvalue weighted by Gasteiger charge is -2.33. The van der Waals surface area contributed by atoms with E-state index in [2.05, 4.69) is 5.32 Å². The van der Waals surface area contributed by atoms with Crippen LogP contribution in [0.4, 0.5) is 0 Å². The van der Waals surface area contributed by atoms with Crippen molar-refractivity contribution in [1.82, 2.24) is 10.2 Å². The van der Waals surface area contributed by atoms with Crippen LogP contribution in [0.15, 0.2) is 30.3 Å². The van der Waals surface area contributed by atoms with Gasteiger partial charge in [0.15, 0.2) is 0 Å². The van der Waals surface area contributed by atoms with Gasteiger partial charge in [-0.1, -0.05) is 44.2 Å². The summed E-state index contributed by atoms with van der Waals surface area (Å²) in [6, 6.07) is 7.80. The number of hydrogen-bond acceptors (Lipinski definition) is 5. The molecule has 1 aliphatic rings. The van der Waals surface area contributed by atoms with Crippen molar-refractivity contribution >= 4 is 29.6 Å². The van der Waals surface area contributed by atoms with Gasteiger partial charge >= 0.3 is 11.9 Å². The third-order valence-electron chi connectivity index (χ3n) is 4.89. The second-order valence-corrected chi connectivity index (χ2v) is 8.42. The average molecular weight is 409 g/mol. The zero-order chi connectivity index (χ0) is 20.7. The summed E-state index contributed by atoms with van der Waals surface area (Å²) < 4.78 is 0. The summed E-state index contributed by atoms with van der Waals surface area (Å²) in [5.41, 5.74) is 1.03. The van der Waals surface area contributed by atoms with Crippen molar-refractivity contribution < 1.29 is 24.6 Å². The van der Waals surface area contributed by atoms with Crippen molar-refractivity contribution in [3.63, 3.8) is 0 Å². The topological polar surface area (TPSA) is 107 Å². The number of aliphatic carboxylic acids is 2. The Kier molecular flexibility index (Phi) is 8.32. The Labute approximate surface area is 169 Å². The Morgan fingerprint density at radius 1 is 1.21 bits per heavy atom. The number of thioether (sulfide) groups is 1. The van der Waals surface area contributed by atoms with Gasteiger partial charge in [0, 0.05) is 17.5 Å². The normalized spacial score (nSPS) is 21.4. The van der Waals surface area contributed by atoms with Crippen molar-refractivity contribution in [2.75, 3.05) is 18.1 Å². The molecule has 1 aromatic carbocycles. The molecule has 0 spiro atoms. The first-order chi connectivity index (χ1) is 13.3. The molecule has 3 atom stereocenters. The van der Waals surface area contributed by atoms with E-state index in [9.17, 15) is 24.6 Å². The van der Waals surface area contributed by atoms with Crippen LogP contribution >= 0.6 is 11.8 Å². The van der Waals surface area contributed by atoms with Gasteiger partial charge < -0.3 is 15.1 Å². The van der Waals surface area contributed by atoms with Crippen molar-refractivity contribution in [3.8, 4) is 0 Å². The molecule has 1 aliphatic heterocycles. The highest BCUT2D eigenvalue weighted by molar-refractivity contribution is 7.99. The van der Waals surface area contributed by atoms with Gasteiger partial charge in [0.05, 0.1) is 6.04 Å². The molecule has 2 unspecified atom stereocenters. The third kappa shape index (κ3) is 6.24. The maximum absolute atomic E-state index is 13.0. The first-order valence-electron chi connectivity index (χ1n) is 9.42. The predicted molar refractivity (Wildman–Crippen MR) is 108 cm³/mol. The maximum atomic E-state index is 13.0. The minimum atomic E-state index is -1.07. The molecule has 154 valence electrons. The molecule has 1 fully saturated rings. The molecular formula is C20H28N2O5S. The van der Waals surface area contributed by atoms with E-state index >= 15 is 0 Å². The molecule has 0 aromatic heterocycles. The predicted octanol–water partition coefficient (Wildman–Crippen LogP) is 1.72. The highest BCUT2D eigenvalue weighted by Gasteiger charge is 2.37. The van der Waals surface area contributed by atoms with E-state index < -0.39 is 24.0 Å². The number of nitrogens with one attached hydrogen (secondary N) is 1.